The van der Waals surface area contributed by atoms with E-state index in [9.17, 15) is 10.1 Å². The van der Waals surface area contributed by atoms with Gasteiger partial charge in [0.2, 0.25) is 6.23 Å². The van der Waals surface area contributed by atoms with E-state index in [-0.39, 0.29) is 11.7 Å². The van der Waals surface area contributed by atoms with Gasteiger partial charge in [0.1, 0.15) is 5.75 Å². The lowest BCUT2D eigenvalue weighted by atomic mass is 9.96. The van der Waals surface area contributed by atoms with Crippen LogP contribution < -0.4 is 4.74 Å². The first kappa shape index (κ1) is 17.9. The van der Waals surface area contributed by atoms with E-state index in [2.05, 4.69) is 22.0 Å². The topological polar surface area (TPSA) is 68.0 Å². The summed E-state index contributed by atoms with van der Waals surface area (Å²) in [4.78, 5) is 10.9. The molecule has 2 atom stereocenters. The van der Waals surface area contributed by atoms with E-state index < -0.39 is 11.2 Å². The van der Waals surface area contributed by atoms with Crippen molar-refractivity contribution in [3.05, 3.63) is 104 Å². The number of hydrazone groups is 1. The largest absolute Gasteiger partial charge is 0.464 e. The van der Waals surface area contributed by atoms with Gasteiger partial charge in [-0.1, -0.05) is 58.4 Å². The second kappa shape index (κ2) is 7.00. The molecule has 3 aromatic rings. The van der Waals surface area contributed by atoms with Crippen molar-refractivity contribution in [3.8, 4) is 5.75 Å². The average Bonchev–Trinajstić information content (AvgIpc) is 3.19. The molecule has 2 heterocycles. The standard InChI is InChI=1S/C22H16BrN3O3/c23-16-10-8-14(9-11-16)19-13-20-18-6-1-2-7-21(18)29-22(25(20)24-19)15-4-3-5-17(12-15)26(27)28/h1-12,20,22H,13H2/t20-,22+/m1/s1. The highest BCUT2D eigenvalue weighted by Gasteiger charge is 2.41. The lowest BCUT2D eigenvalue weighted by molar-refractivity contribution is -0.385. The Balaban J connectivity index is 1.59. The van der Waals surface area contributed by atoms with Crippen molar-refractivity contribution >= 4 is 27.3 Å². The number of nitro groups is 1. The third-order valence-electron chi connectivity index (χ3n) is 5.24. The molecule has 0 saturated heterocycles. The van der Waals surface area contributed by atoms with Crippen LogP contribution in [-0.4, -0.2) is 15.6 Å². The Morgan fingerprint density at radius 1 is 1.07 bits per heavy atom. The maximum Gasteiger partial charge on any atom is 0.269 e. The molecule has 0 spiro atoms. The zero-order chi connectivity index (χ0) is 20.0. The molecular weight excluding hydrogens is 434 g/mol. The third kappa shape index (κ3) is 3.17. The van der Waals surface area contributed by atoms with Crippen molar-refractivity contribution in [2.45, 2.75) is 18.7 Å². The smallest absolute Gasteiger partial charge is 0.269 e. The molecule has 2 aliphatic heterocycles. The predicted octanol–water partition coefficient (Wildman–Crippen LogP) is 5.60. The quantitative estimate of drug-likeness (QED) is 0.385. The minimum Gasteiger partial charge on any atom is -0.464 e. The maximum atomic E-state index is 11.2. The molecule has 0 N–H and O–H groups in total. The fourth-order valence-corrected chi connectivity index (χ4v) is 4.13. The molecule has 0 amide bonds. The summed E-state index contributed by atoms with van der Waals surface area (Å²) in [6.07, 6.45) is 0.218. The highest BCUT2D eigenvalue weighted by Crippen LogP contribution is 2.47. The van der Waals surface area contributed by atoms with E-state index in [1.807, 2.05) is 53.5 Å². The van der Waals surface area contributed by atoms with Crippen LogP contribution in [0.4, 0.5) is 5.69 Å². The van der Waals surface area contributed by atoms with Crippen molar-refractivity contribution in [2.24, 2.45) is 5.10 Å². The minimum atomic E-state index is -0.525. The van der Waals surface area contributed by atoms with Gasteiger partial charge in [-0.25, -0.2) is 5.01 Å². The van der Waals surface area contributed by atoms with E-state index in [1.165, 1.54) is 6.07 Å². The van der Waals surface area contributed by atoms with Gasteiger partial charge >= 0.3 is 0 Å². The summed E-state index contributed by atoms with van der Waals surface area (Å²) >= 11 is 3.47. The molecule has 0 bridgehead atoms. The molecule has 0 aromatic heterocycles. The van der Waals surface area contributed by atoms with Gasteiger partial charge in [0.15, 0.2) is 0 Å². The van der Waals surface area contributed by atoms with Gasteiger partial charge in [0.05, 0.1) is 16.7 Å². The van der Waals surface area contributed by atoms with Gasteiger partial charge in [0, 0.05) is 34.2 Å². The van der Waals surface area contributed by atoms with Crippen molar-refractivity contribution in [1.82, 2.24) is 5.01 Å². The van der Waals surface area contributed by atoms with Crippen LogP contribution in [0.25, 0.3) is 0 Å². The third-order valence-corrected chi connectivity index (χ3v) is 5.77. The fourth-order valence-electron chi connectivity index (χ4n) is 3.86. The number of benzene rings is 3. The normalized spacial score (nSPS) is 19.8. The molecule has 0 unspecified atom stereocenters. The minimum absolute atomic E-state index is 0.0165. The summed E-state index contributed by atoms with van der Waals surface area (Å²) < 4.78 is 7.27. The molecule has 3 aromatic carbocycles. The van der Waals surface area contributed by atoms with Gasteiger partial charge in [-0.05, 0) is 23.8 Å². The highest BCUT2D eigenvalue weighted by molar-refractivity contribution is 9.10. The van der Waals surface area contributed by atoms with Crippen molar-refractivity contribution in [1.29, 1.82) is 0 Å². The molecule has 7 heteroatoms. The van der Waals surface area contributed by atoms with Crippen LogP contribution in [0.15, 0.2) is 82.4 Å². The molecule has 2 aliphatic rings. The number of ether oxygens (including phenoxy) is 1. The van der Waals surface area contributed by atoms with Gasteiger partial charge in [-0.3, -0.25) is 10.1 Å². The number of nitro benzene ring substituents is 1. The zero-order valence-electron chi connectivity index (χ0n) is 15.2. The first-order chi connectivity index (χ1) is 14.1. The molecule has 0 saturated carbocycles. The highest BCUT2D eigenvalue weighted by atomic mass is 79.9. The number of fused-ring (bicyclic) bond motifs is 3. The maximum absolute atomic E-state index is 11.2. The summed E-state index contributed by atoms with van der Waals surface area (Å²) in [5, 5.41) is 18.1. The first-order valence-corrected chi connectivity index (χ1v) is 10.0. The van der Waals surface area contributed by atoms with E-state index >= 15 is 0 Å². The predicted molar refractivity (Wildman–Crippen MR) is 113 cm³/mol. The van der Waals surface area contributed by atoms with Crippen LogP contribution in [0, 0.1) is 10.1 Å². The second-order valence-corrected chi connectivity index (χ2v) is 7.93. The molecule has 29 heavy (non-hydrogen) atoms. The van der Waals surface area contributed by atoms with Gasteiger partial charge in [-0.2, -0.15) is 5.10 Å². The summed E-state index contributed by atoms with van der Waals surface area (Å²) in [6.45, 7) is 0. The second-order valence-electron chi connectivity index (χ2n) is 7.01. The number of hydrogen-bond acceptors (Lipinski definition) is 5. The Morgan fingerprint density at radius 2 is 1.86 bits per heavy atom. The summed E-state index contributed by atoms with van der Waals surface area (Å²) in [7, 11) is 0. The van der Waals surface area contributed by atoms with Crippen LogP contribution in [0.5, 0.6) is 5.75 Å². The molecule has 144 valence electrons. The Hall–Kier alpha value is -3.19. The van der Waals surface area contributed by atoms with Crippen LogP contribution in [0.2, 0.25) is 0 Å². The van der Waals surface area contributed by atoms with Crippen LogP contribution >= 0.6 is 15.9 Å². The number of halogens is 1. The van der Waals surface area contributed by atoms with Crippen LogP contribution in [-0.2, 0) is 0 Å². The molecular formula is C22H16BrN3O3. The van der Waals surface area contributed by atoms with Gasteiger partial charge < -0.3 is 4.74 Å². The SMILES string of the molecule is O=[N+]([O-])c1cccc([C@@H]2Oc3ccccc3[C@H]3CC(c4ccc(Br)cc4)=NN32)c1. The Kier molecular flexibility index (Phi) is 4.32. The number of para-hydroxylation sites is 1. The fraction of sp³-hybridized carbons (Fsp3) is 0.136. The van der Waals surface area contributed by atoms with Crippen molar-refractivity contribution in [2.75, 3.05) is 0 Å². The number of non-ortho nitro benzene ring substituents is 1. The van der Waals surface area contributed by atoms with E-state index in [4.69, 9.17) is 9.84 Å². The van der Waals surface area contributed by atoms with Gasteiger partial charge in [0.25, 0.3) is 5.69 Å². The first-order valence-electron chi connectivity index (χ1n) is 9.22. The lowest BCUT2D eigenvalue weighted by Gasteiger charge is -2.38. The van der Waals surface area contributed by atoms with E-state index in [0.717, 1.165) is 33.5 Å². The van der Waals surface area contributed by atoms with E-state index in [0.29, 0.717) is 5.56 Å². The summed E-state index contributed by atoms with van der Waals surface area (Å²) in [5.41, 5.74) is 3.85. The van der Waals surface area contributed by atoms with Crippen LogP contribution in [0.3, 0.4) is 0 Å². The molecule has 0 radical (unpaired) electrons. The van der Waals surface area contributed by atoms with Crippen LogP contribution in [0.1, 0.15) is 35.4 Å². The number of hydrogen-bond donors (Lipinski definition) is 0. The number of nitrogens with zero attached hydrogens (tertiary/aromatic N) is 3. The monoisotopic (exact) mass is 449 g/mol. The Bertz CT molecular complexity index is 1130. The molecule has 0 fully saturated rings. The number of rotatable bonds is 3. The molecule has 6 nitrogen and oxygen atoms in total. The van der Waals surface area contributed by atoms with Crippen molar-refractivity contribution in [3.63, 3.8) is 0 Å². The zero-order valence-corrected chi connectivity index (χ0v) is 16.8. The van der Waals surface area contributed by atoms with E-state index in [1.54, 1.807) is 12.1 Å². The molecule has 5 rings (SSSR count). The summed E-state index contributed by atoms with van der Waals surface area (Å²) in [6, 6.07) is 22.6. The summed E-state index contributed by atoms with van der Waals surface area (Å²) in [5.74, 6) is 0.789. The molecule has 0 aliphatic carbocycles. The Morgan fingerprint density at radius 3 is 2.66 bits per heavy atom. The van der Waals surface area contributed by atoms with Gasteiger partial charge in [-0.15, -0.1) is 0 Å². The lowest BCUT2D eigenvalue weighted by Crippen LogP contribution is -2.33. The Labute approximate surface area is 175 Å². The average molecular weight is 450 g/mol. The van der Waals surface area contributed by atoms with Crippen molar-refractivity contribution < 1.29 is 9.66 Å².